The highest BCUT2D eigenvalue weighted by molar-refractivity contribution is 8.01. The third-order valence-corrected chi connectivity index (χ3v) is 12.8. The van der Waals surface area contributed by atoms with Crippen LogP contribution in [0.5, 0.6) is 0 Å². The minimum atomic E-state index is -0.535. The van der Waals surface area contributed by atoms with Crippen molar-refractivity contribution >= 4 is 23.6 Å². The second-order valence-electron chi connectivity index (χ2n) is 15.0. The summed E-state index contributed by atoms with van der Waals surface area (Å²) in [6.07, 6.45) is 4.30. The predicted octanol–water partition coefficient (Wildman–Crippen LogP) is 4.91. The summed E-state index contributed by atoms with van der Waals surface area (Å²) in [5.74, 6) is 0.421. The average Bonchev–Trinajstić information content (AvgIpc) is 3.24. The van der Waals surface area contributed by atoms with Gasteiger partial charge in [0.2, 0.25) is 5.91 Å². The summed E-state index contributed by atoms with van der Waals surface area (Å²) in [4.78, 5) is 25.9. The third kappa shape index (κ3) is 6.40. The summed E-state index contributed by atoms with van der Waals surface area (Å²) in [6.45, 7) is 19.5. The Morgan fingerprint density at radius 1 is 1.15 bits per heavy atom. The highest BCUT2D eigenvalue weighted by Crippen LogP contribution is 2.69. The molecular formula is C32H58N2O5S. The molecule has 3 aliphatic rings. The van der Waals surface area contributed by atoms with E-state index in [0.717, 1.165) is 32.1 Å². The van der Waals surface area contributed by atoms with Crippen molar-refractivity contribution in [1.29, 1.82) is 0 Å². The van der Waals surface area contributed by atoms with Crippen LogP contribution in [0.15, 0.2) is 0 Å². The number of aliphatic hydroxyl groups is 2. The van der Waals surface area contributed by atoms with Crippen molar-refractivity contribution in [2.24, 2.45) is 45.7 Å². The molecule has 0 saturated heterocycles. The van der Waals surface area contributed by atoms with Gasteiger partial charge < -0.3 is 26.0 Å². The molecule has 1 unspecified atom stereocenters. The van der Waals surface area contributed by atoms with E-state index in [9.17, 15) is 19.8 Å². The molecule has 0 aromatic carbocycles. The summed E-state index contributed by atoms with van der Waals surface area (Å²) in [5.41, 5.74) is 5.12. The number of carbonyl (C=O) groups is 2. The molecule has 0 radical (unpaired) electrons. The van der Waals surface area contributed by atoms with Gasteiger partial charge >= 0.3 is 5.97 Å². The Kier molecular flexibility index (Phi) is 10.5. The molecule has 0 aromatic rings. The molecule has 3 saturated carbocycles. The molecule has 3 fully saturated rings. The molecule has 232 valence electrons. The number of hydrogen-bond acceptors (Lipinski definition) is 7. The first-order valence-corrected chi connectivity index (χ1v) is 16.6. The average molecular weight is 583 g/mol. The molecule has 40 heavy (non-hydrogen) atoms. The minimum Gasteiger partial charge on any atom is -0.461 e. The van der Waals surface area contributed by atoms with Gasteiger partial charge in [0.05, 0.1) is 24.0 Å². The lowest BCUT2D eigenvalue weighted by molar-refractivity contribution is -0.223. The lowest BCUT2D eigenvalue weighted by atomic mass is 9.43. The maximum Gasteiger partial charge on any atom is 0.316 e. The maximum absolute atomic E-state index is 13.5. The van der Waals surface area contributed by atoms with Gasteiger partial charge in [-0.15, -0.1) is 11.8 Å². The number of carbonyl (C=O) groups excluding carboxylic acids is 2. The topological polar surface area (TPSA) is 122 Å². The molecule has 0 heterocycles. The molecule has 0 spiro atoms. The normalized spacial score (nSPS) is 40.6. The standard InChI is InChI=1S/C32H58N2O5S/c1-10-30(8)16-24(39-25(36)17-40-29(6,7)18-34-28(38)22(33)15-19(2)3)31(9)20(4)11-13-32(21(5)27(30)37)14-12-23(35)26(31)32/h19-24,26-27,35,37H,10-18,33H2,1-9H3,(H,34,38)/t20-,21+,22-,23?,24-,26+,27+,30-,31+,32+/m1/s1. The minimum absolute atomic E-state index is 0.0121. The van der Waals surface area contributed by atoms with Crippen molar-refractivity contribution in [3.63, 3.8) is 0 Å². The zero-order valence-corrected chi connectivity index (χ0v) is 27.4. The molecule has 10 atom stereocenters. The van der Waals surface area contributed by atoms with Gasteiger partial charge in [0.1, 0.15) is 6.10 Å². The van der Waals surface area contributed by atoms with Crippen LogP contribution in [0.4, 0.5) is 0 Å². The van der Waals surface area contributed by atoms with E-state index < -0.39 is 24.4 Å². The smallest absolute Gasteiger partial charge is 0.316 e. The molecule has 1 amide bonds. The van der Waals surface area contributed by atoms with Crippen molar-refractivity contribution in [1.82, 2.24) is 5.32 Å². The van der Waals surface area contributed by atoms with Crippen LogP contribution >= 0.6 is 11.8 Å². The summed E-state index contributed by atoms with van der Waals surface area (Å²) in [7, 11) is 0. The van der Waals surface area contributed by atoms with E-state index in [1.54, 1.807) is 0 Å². The Morgan fingerprint density at radius 3 is 2.38 bits per heavy atom. The van der Waals surface area contributed by atoms with E-state index in [-0.39, 0.29) is 56.4 Å². The molecule has 7 nitrogen and oxygen atoms in total. The monoisotopic (exact) mass is 582 g/mol. The maximum atomic E-state index is 13.5. The van der Waals surface area contributed by atoms with Crippen LogP contribution in [0.3, 0.4) is 0 Å². The van der Waals surface area contributed by atoms with E-state index in [2.05, 4.69) is 39.9 Å². The SMILES string of the molecule is CC[C@]1(C)C[C@@H](OC(=O)CSC(C)(C)CNC(=O)[C@H](N)CC(C)C)[C@]2(C)[C@H](C)CC[C@]3(CCC(O)[C@H]32)[C@@H](C)[C@@H]1O. The van der Waals surface area contributed by atoms with Gasteiger partial charge in [-0.2, -0.15) is 0 Å². The Labute approximate surface area is 247 Å². The quantitative estimate of drug-likeness (QED) is 0.270. The van der Waals surface area contributed by atoms with E-state index in [1.165, 1.54) is 11.8 Å². The number of hydrogen-bond donors (Lipinski definition) is 4. The van der Waals surface area contributed by atoms with Gasteiger partial charge in [-0.3, -0.25) is 9.59 Å². The van der Waals surface area contributed by atoms with E-state index >= 15 is 0 Å². The number of nitrogens with one attached hydrogen (secondary N) is 1. The number of esters is 1. The van der Waals surface area contributed by atoms with Crippen molar-refractivity contribution < 1.29 is 24.5 Å². The van der Waals surface area contributed by atoms with Gasteiger partial charge in [-0.25, -0.2) is 0 Å². The molecule has 2 bridgehead atoms. The van der Waals surface area contributed by atoms with Crippen molar-refractivity contribution in [2.45, 2.75) is 136 Å². The Balaban J connectivity index is 1.78. The summed E-state index contributed by atoms with van der Waals surface area (Å²) < 4.78 is 6.05. The zero-order valence-electron chi connectivity index (χ0n) is 26.6. The Morgan fingerprint density at radius 2 is 1.77 bits per heavy atom. The summed E-state index contributed by atoms with van der Waals surface area (Å²) >= 11 is 1.47. The molecule has 8 heteroatoms. The van der Waals surface area contributed by atoms with E-state index in [0.29, 0.717) is 25.3 Å². The number of rotatable bonds is 10. The van der Waals surface area contributed by atoms with E-state index in [4.69, 9.17) is 10.5 Å². The largest absolute Gasteiger partial charge is 0.461 e. The Bertz CT molecular complexity index is 914. The van der Waals surface area contributed by atoms with Crippen LogP contribution in [0.1, 0.15) is 107 Å². The fourth-order valence-electron chi connectivity index (χ4n) is 8.54. The fourth-order valence-corrected chi connectivity index (χ4v) is 9.29. The predicted molar refractivity (Wildman–Crippen MR) is 163 cm³/mol. The highest BCUT2D eigenvalue weighted by Gasteiger charge is 2.68. The van der Waals surface area contributed by atoms with Crippen LogP contribution in [0, 0.1) is 39.9 Å². The van der Waals surface area contributed by atoms with Crippen LogP contribution in [-0.2, 0) is 14.3 Å². The van der Waals surface area contributed by atoms with Gasteiger partial charge in [-0.1, -0.05) is 48.5 Å². The van der Waals surface area contributed by atoms with Crippen LogP contribution in [0.25, 0.3) is 0 Å². The second-order valence-corrected chi connectivity index (χ2v) is 16.7. The third-order valence-electron chi connectivity index (χ3n) is 11.5. The van der Waals surface area contributed by atoms with Crippen molar-refractivity contribution in [3.05, 3.63) is 0 Å². The number of amides is 1. The highest BCUT2D eigenvalue weighted by atomic mass is 32.2. The van der Waals surface area contributed by atoms with Gasteiger partial charge in [0.15, 0.2) is 0 Å². The molecule has 0 aromatic heterocycles. The van der Waals surface area contributed by atoms with Gasteiger partial charge in [0.25, 0.3) is 0 Å². The number of aliphatic hydroxyl groups excluding tert-OH is 2. The van der Waals surface area contributed by atoms with E-state index in [1.807, 2.05) is 27.7 Å². The first-order chi connectivity index (χ1) is 18.4. The lowest BCUT2D eigenvalue weighted by Crippen LogP contribution is -2.63. The fraction of sp³-hybridized carbons (Fsp3) is 0.938. The van der Waals surface area contributed by atoms with Gasteiger partial charge in [0, 0.05) is 16.7 Å². The first kappa shape index (κ1) is 33.7. The molecule has 3 aliphatic carbocycles. The number of ether oxygens (including phenoxy) is 1. The summed E-state index contributed by atoms with van der Waals surface area (Å²) in [5, 5.41) is 26.1. The molecule has 3 rings (SSSR count). The summed E-state index contributed by atoms with van der Waals surface area (Å²) in [6, 6.07) is -0.535. The first-order valence-electron chi connectivity index (χ1n) is 15.7. The lowest BCUT2D eigenvalue weighted by Gasteiger charge is -2.63. The van der Waals surface area contributed by atoms with Crippen molar-refractivity contribution in [3.8, 4) is 0 Å². The molecule has 5 N–H and O–H groups in total. The van der Waals surface area contributed by atoms with Crippen LogP contribution < -0.4 is 11.1 Å². The van der Waals surface area contributed by atoms with Crippen molar-refractivity contribution in [2.75, 3.05) is 12.3 Å². The van der Waals surface area contributed by atoms with Crippen LogP contribution in [-0.4, -0.2) is 63.5 Å². The number of thioether (sulfide) groups is 1. The zero-order chi connectivity index (χ0) is 30.3. The van der Waals surface area contributed by atoms with Crippen LogP contribution in [0.2, 0.25) is 0 Å². The molecular weight excluding hydrogens is 524 g/mol. The second kappa shape index (κ2) is 12.4. The molecule has 0 aliphatic heterocycles. The Hall–Kier alpha value is -0.830. The number of nitrogens with two attached hydrogens (primary N) is 1. The van der Waals surface area contributed by atoms with Gasteiger partial charge in [-0.05, 0) is 93.3 Å².